The van der Waals surface area contributed by atoms with Gasteiger partial charge in [-0.15, -0.1) is 0 Å². The number of nitrogens with zero attached hydrogens (tertiary/aromatic N) is 1. The first-order chi connectivity index (χ1) is 10.0. The molecule has 0 heterocycles. The van der Waals surface area contributed by atoms with Gasteiger partial charge < -0.3 is 15.8 Å². The maximum absolute atomic E-state index is 11.7. The van der Waals surface area contributed by atoms with Crippen LogP contribution in [0.5, 0.6) is 5.75 Å². The van der Waals surface area contributed by atoms with E-state index in [-0.39, 0.29) is 17.4 Å². The van der Waals surface area contributed by atoms with Crippen molar-refractivity contribution in [2.45, 2.75) is 19.8 Å². The third-order valence-corrected chi connectivity index (χ3v) is 2.76. The van der Waals surface area contributed by atoms with E-state index >= 15 is 0 Å². The number of rotatable bonds is 7. The molecule has 0 aromatic heterocycles. The first-order valence-corrected chi connectivity index (χ1v) is 6.90. The maximum Gasteiger partial charge on any atom is 0.225 e. The van der Waals surface area contributed by atoms with E-state index in [4.69, 9.17) is 10.5 Å². The van der Waals surface area contributed by atoms with Crippen LogP contribution in [0.3, 0.4) is 0 Å². The van der Waals surface area contributed by atoms with Crippen LogP contribution in [0.4, 0.5) is 0 Å². The predicted molar refractivity (Wildman–Crippen MR) is 87.4 cm³/mol. The van der Waals surface area contributed by atoms with Crippen molar-refractivity contribution in [2.24, 2.45) is 10.8 Å². The van der Waals surface area contributed by atoms with Crippen LogP contribution in [-0.2, 0) is 11.2 Å². The van der Waals surface area contributed by atoms with Crippen molar-refractivity contribution in [3.05, 3.63) is 29.8 Å². The summed E-state index contributed by atoms with van der Waals surface area (Å²) in [5.74, 6) is 0.731. The predicted octanol–water partition coefficient (Wildman–Crippen LogP) is 0.953. The third-order valence-electron chi connectivity index (χ3n) is 2.67. The van der Waals surface area contributed by atoms with Crippen LogP contribution in [-0.4, -0.2) is 30.4 Å². The van der Waals surface area contributed by atoms with E-state index in [2.05, 4.69) is 28.1 Å². The number of hydrazone groups is 1. The van der Waals surface area contributed by atoms with Gasteiger partial charge >= 0.3 is 0 Å². The molecule has 0 atom stereocenters. The number of carbonyl (C=O) groups excluding carboxylic acids is 1. The molecule has 1 amide bonds. The molecule has 0 aliphatic heterocycles. The molecule has 0 saturated heterocycles. The summed E-state index contributed by atoms with van der Waals surface area (Å²) in [5, 5.41) is 6.79. The lowest BCUT2D eigenvalue weighted by Crippen LogP contribution is -2.29. The van der Waals surface area contributed by atoms with Crippen molar-refractivity contribution >= 4 is 28.9 Å². The SMILES string of the molecule is COc1ccc(CCNC(=O)C/C(C)=N/NC(N)=S)cc1. The zero-order valence-corrected chi connectivity index (χ0v) is 13.0. The lowest BCUT2D eigenvalue weighted by Gasteiger charge is -2.06. The van der Waals surface area contributed by atoms with Crippen LogP contribution in [0.1, 0.15) is 18.9 Å². The monoisotopic (exact) mass is 308 g/mol. The Balaban J connectivity index is 2.29. The van der Waals surface area contributed by atoms with Gasteiger partial charge in [0.2, 0.25) is 5.91 Å². The Kier molecular flexibility index (Phi) is 7.17. The Labute approximate surface area is 129 Å². The summed E-state index contributed by atoms with van der Waals surface area (Å²) in [4.78, 5) is 11.7. The van der Waals surface area contributed by atoms with Gasteiger partial charge in [-0.05, 0) is 43.3 Å². The van der Waals surface area contributed by atoms with Crippen molar-refractivity contribution in [2.75, 3.05) is 13.7 Å². The summed E-state index contributed by atoms with van der Waals surface area (Å²) in [6.45, 7) is 2.30. The van der Waals surface area contributed by atoms with Crippen LogP contribution in [0.15, 0.2) is 29.4 Å². The van der Waals surface area contributed by atoms with E-state index in [0.29, 0.717) is 12.3 Å². The zero-order chi connectivity index (χ0) is 15.7. The number of amides is 1. The normalized spacial score (nSPS) is 10.9. The average molecular weight is 308 g/mol. The molecule has 21 heavy (non-hydrogen) atoms. The lowest BCUT2D eigenvalue weighted by atomic mass is 10.1. The number of hydrogen-bond acceptors (Lipinski definition) is 4. The molecule has 0 unspecified atom stereocenters. The summed E-state index contributed by atoms with van der Waals surface area (Å²) in [6.07, 6.45) is 0.968. The summed E-state index contributed by atoms with van der Waals surface area (Å²) in [7, 11) is 1.63. The van der Waals surface area contributed by atoms with E-state index in [1.807, 2.05) is 24.3 Å². The molecule has 0 fully saturated rings. The van der Waals surface area contributed by atoms with E-state index in [9.17, 15) is 4.79 Å². The number of methoxy groups -OCH3 is 1. The quantitative estimate of drug-likeness (QED) is 0.396. The van der Waals surface area contributed by atoms with Crippen LogP contribution < -0.4 is 21.2 Å². The topological polar surface area (TPSA) is 88.7 Å². The van der Waals surface area contributed by atoms with Gasteiger partial charge in [0.15, 0.2) is 5.11 Å². The summed E-state index contributed by atoms with van der Waals surface area (Å²) in [5.41, 5.74) is 9.44. The molecule has 0 aliphatic rings. The molecule has 1 rings (SSSR count). The highest BCUT2D eigenvalue weighted by Crippen LogP contribution is 2.11. The molecule has 0 spiro atoms. The highest BCUT2D eigenvalue weighted by atomic mass is 32.1. The molecule has 1 aromatic carbocycles. The molecule has 0 bridgehead atoms. The Morgan fingerprint density at radius 1 is 1.38 bits per heavy atom. The van der Waals surface area contributed by atoms with E-state index < -0.39 is 0 Å². The van der Waals surface area contributed by atoms with Gasteiger partial charge in [-0.2, -0.15) is 5.10 Å². The molecule has 0 saturated carbocycles. The highest BCUT2D eigenvalue weighted by Gasteiger charge is 2.03. The maximum atomic E-state index is 11.7. The highest BCUT2D eigenvalue weighted by molar-refractivity contribution is 7.80. The van der Waals surface area contributed by atoms with Gasteiger partial charge in [0.25, 0.3) is 0 Å². The summed E-state index contributed by atoms with van der Waals surface area (Å²) >= 11 is 4.62. The van der Waals surface area contributed by atoms with E-state index in [1.54, 1.807) is 14.0 Å². The largest absolute Gasteiger partial charge is 0.497 e. The van der Waals surface area contributed by atoms with E-state index in [1.165, 1.54) is 0 Å². The second kappa shape index (κ2) is 8.91. The van der Waals surface area contributed by atoms with Crippen LogP contribution in [0.2, 0.25) is 0 Å². The second-order valence-electron chi connectivity index (χ2n) is 4.45. The van der Waals surface area contributed by atoms with Crippen LogP contribution >= 0.6 is 12.2 Å². The molecule has 7 heteroatoms. The van der Waals surface area contributed by atoms with Crippen molar-refractivity contribution in [3.8, 4) is 5.75 Å². The van der Waals surface area contributed by atoms with Crippen LogP contribution in [0.25, 0.3) is 0 Å². The minimum Gasteiger partial charge on any atom is -0.497 e. The number of ether oxygens (including phenoxy) is 1. The lowest BCUT2D eigenvalue weighted by molar-refractivity contribution is -0.119. The Hall–Kier alpha value is -2.15. The van der Waals surface area contributed by atoms with Crippen LogP contribution in [0, 0.1) is 0 Å². The van der Waals surface area contributed by atoms with Crippen molar-refractivity contribution in [1.82, 2.24) is 10.7 Å². The first kappa shape index (κ1) is 16.9. The minimum absolute atomic E-state index is 0.0780. The number of nitrogens with two attached hydrogens (primary N) is 1. The van der Waals surface area contributed by atoms with Gasteiger partial charge in [-0.25, -0.2) is 0 Å². The van der Waals surface area contributed by atoms with Gasteiger partial charge in [0.05, 0.1) is 13.5 Å². The second-order valence-corrected chi connectivity index (χ2v) is 4.89. The first-order valence-electron chi connectivity index (χ1n) is 6.49. The number of nitrogens with one attached hydrogen (secondary N) is 2. The zero-order valence-electron chi connectivity index (χ0n) is 12.2. The fraction of sp³-hybridized carbons (Fsp3) is 0.357. The van der Waals surface area contributed by atoms with E-state index in [0.717, 1.165) is 17.7 Å². The number of hydrogen-bond donors (Lipinski definition) is 3. The van der Waals surface area contributed by atoms with Crippen molar-refractivity contribution < 1.29 is 9.53 Å². The van der Waals surface area contributed by atoms with Gasteiger partial charge in [-0.1, -0.05) is 12.1 Å². The number of carbonyl (C=O) groups is 1. The number of thiocarbonyl (C=S) groups is 1. The molecule has 0 radical (unpaired) electrons. The standard InChI is InChI=1S/C14H20N4O2S/c1-10(17-18-14(15)21)9-13(19)16-8-7-11-3-5-12(20-2)6-4-11/h3-6H,7-9H2,1-2H3,(H,16,19)(H3,15,18,21)/b17-10+. The molecule has 6 nitrogen and oxygen atoms in total. The molecule has 0 aliphatic carbocycles. The molecule has 114 valence electrons. The summed E-state index contributed by atoms with van der Waals surface area (Å²) in [6, 6.07) is 7.75. The summed E-state index contributed by atoms with van der Waals surface area (Å²) < 4.78 is 5.09. The molecule has 4 N–H and O–H groups in total. The Morgan fingerprint density at radius 2 is 2.05 bits per heavy atom. The number of benzene rings is 1. The Bertz CT molecular complexity index is 514. The molecular formula is C14H20N4O2S. The average Bonchev–Trinajstić information content (AvgIpc) is 2.46. The third kappa shape index (κ3) is 7.26. The fourth-order valence-corrected chi connectivity index (χ4v) is 1.67. The minimum atomic E-state index is -0.0884. The van der Waals surface area contributed by atoms with Crippen molar-refractivity contribution in [1.29, 1.82) is 0 Å². The van der Waals surface area contributed by atoms with Gasteiger partial charge in [0, 0.05) is 12.3 Å². The molecular weight excluding hydrogens is 288 g/mol. The molecule has 1 aromatic rings. The van der Waals surface area contributed by atoms with Gasteiger partial charge in [0.1, 0.15) is 5.75 Å². The Morgan fingerprint density at radius 3 is 2.62 bits per heavy atom. The smallest absolute Gasteiger partial charge is 0.225 e. The fourth-order valence-electron chi connectivity index (χ4n) is 1.62. The van der Waals surface area contributed by atoms with Crippen molar-refractivity contribution in [3.63, 3.8) is 0 Å². The van der Waals surface area contributed by atoms with Gasteiger partial charge in [-0.3, -0.25) is 10.2 Å².